The lowest BCUT2D eigenvalue weighted by Gasteiger charge is -2.21. The van der Waals surface area contributed by atoms with E-state index in [0.717, 1.165) is 7.11 Å². The number of hydrogen-bond acceptors (Lipinski definition) is 5. The number of methoxy groups -OCH3 is 1. The summed E-state index contributed by atoms with van der Waals surface area (Å²) in [6.07, 6.45) is -1.09. The van der Waals surface area contributed by atoms with E-state index in [9.17, 15) is 19.5 Å². The molecule has 3 N–H and O–H groups in total. The van der Waals surface area contributed by atoms with E-state index in [2.05, 4.69) is 15.4 Å². The third kappa shape index (κ3) is 5.30. The Kier molecular flexibility index (Phi) is 6.19. The molecule has 0 aliphatic rings. The number of aliphatic hydroxyl groups is 1. The van der Waals surface area contributed by atoms with Crippen LogP contribution in [0.4, 0.5) is 0 Å². The summed E-state index contributed by atoms with van der Waals surface area (Å²) < 4.78 is 4.43. The van der Waals surface area contributed by atoms with Crippen molar-refractivity contribution in [2.45, 2.75) is 39.0 Å². The van der Waals surface area contributed by atoms with Crippen molar-refractivity contribution in [3.05, 3.63) is 0 Å². The van der Waals surface area contributed by atoms with Crippen molar-refractivity contribution < 1.29 is 24.2 Å². The Balaban J connectivity index is 4.50. The summed E-state index contributed by atoms with van der Waals surface area (Å²) in [5, 5.41) is 14.0. The highest BCUT2D eigenvalue weighted by molar-refractivity contribution is 5.90. The largest absolute Gasteiger partial charge is 0.467 e. The van der Waals surface area contributed by atoms with Gasteiger partial charge in [-0.3, -0.25) is 9.59 Å². The maximum atomic E-state index is 11.6. The first-order valence-corrected chi connectivity index (χ1v) is 5.13. The molecule has 0 saturated carbocycles. The molecule has 0 fully saturated rings. The summed E-state index contributed by atoms with van der Waals surface area (Å²) in [5.41, 5.74) is 0. The molecule has 0 saturated heterocycles. The van der Waals surface area contributed by atoms with Gasteiger partial charge in [-0.2, -0.15) is 0 Å². The van der Waals surface area contributed by atoms with Crippen molar-refractivity contribution in [3.63, 3.8) is 0 Å². The Morgan fingerprint density at radius 2 is 1.71 bits per heavy atom. The van der Waals surface area contributed by atoms with Gasteiger partial charge >= 0.3 is 5.97 Å². The number of ether oxygens (including phenoxy) is 1. The average molecular weight is 246 g/mol. The molecule has 3 atom stereocenters. The molecule has 0 radical (unpaired) electrons. The first kappa shape index (κ1) is 15.4. The summed E-state index contributed by atoms with van der Waals surface area (Å²) in [6.45, 7) is 4.09. The fraction of sp³-hybridized carbons (Fsp3) is 0.700. The lowest BCUT2D eigenvalue weighted by molar-refractivity contribution is -0.148. The molecular formula is C10H18N2O5. The zero-order valence-electron chi connectivity index (χ0n) is 10.3. The van der Waals surface area contributed by atoms with E-state index in [-0.39, 0.29) is 5.91 Å². The summed E-state index contributed by atoms with van der Waals surface area (Å²) in [7, 11) is 1.15. The Bertz CT molecular complexity index is 303. The van der Waals surface area contributed by atoms with E-state index in [4.69, 9.17) is 0 Å². The van der Waals surface area contributed by atoms with Gasteiger partial charge < -0.3 is 20.5 Å². The zero-order valence-corrected chi connectivity index (χ0v) is 10.3. The highest BCUT2D eigenvalue weighted by atomic mass is 16.5. The Hall–Kier alpha value is -1.63. The third-order valence-electron chi connectivity index (χ3n) is 2.05. The molecule has 0 rings (SSSR count). The maximum Gasteiger partial charge on any atom is 0.331 e. The smallest absolute Gasteiger partial charge is 0.331 e. The molecule has 0 aromatic carbocycles. The van der Waals surface area contributed by atoms with Gasteiger partial charge in [-0.25, -0.2) is 4.79 Å². The van der Waals surface area contributed by atoms with Gasteiger partial charge in [0.15, 0.2) is 6.04 Å². The van der Waals surface area contributed by atoms with Crippen LogP contribution in [0.5, 0.6) is 0 Å². The summed E-state index contributed by atoms with van der Waals surface area (Å²) in [6, 6.07) is -1.94. The van der Waals surface area contributed by atoms with Crippen LogP contribution in [0.2, 0.25) is 0 Å². The minimum Gasteiger partial charge on any atom is -0.467 e. The SMILES string of the molecule is COC(=O)[C@@H](NC(=O)[C@H](C)NC(C)=O)C(C)O. The van der Waals surface area contributed by atoms with Crippen molar-refractivity contribution in [2.75, 3.05) is 7.11 Å². The molecule has 2 amide bonds. The fourth-order valence-electron chi connectivity index (χ4n) is 1.15. The standard InChI is InChI=1S/C10H18N2O5/c1-5(11-7(3)14)9(15)12-8(6(2)13)10(16)17-4/h5-6,8,13H,1-4H3,(H,11,14)(H,12,15)/t5-,6?,8-/m0/s1. The predicted octanol–water partition coefficient (Wildman–Crippen LogP) is -1.45. The molecule has 98 valence electrons. The topological polar surface area (TPSA) is 105 Å². The number of carbonyl (C=O) groups is 3. The fourth-order valence-corrected chi connectivity index (χ4v) is 1.15. The van der Waals surface area contributed by atoms with E-state index < -0.39 is 30.1 Å². The monoisotopic (exact) mass is 246 g/mol. The van der Waals surface area contributed by atoms with Crippen molar-refractivity contribution in [3.8, 4) is 0 Å². The number of aliphatic hydroxyl groups excluding tert-OH is 1. The highest BCUT2D eigenvalue weighted by Crippen LogP contribution is 1.97. The van der Waals surface area contributed by atoms with Gasteiger partial charge in [0, 0.05) is 6.92 Å². The Labute approximate surface area is 99.5 Å². The number of nitrogens with one attached hydrogen (secondary N) is 2. The van der Waals surface area contributed by atoms with Gasteiger partial charge in [0.05, 0.1) is 13.2 Å². The molecule has 0 aromatic rings. The molecule has 0 heterocycles. The van der Waals surface area contributed by atoms with Gasteiger partial charge in [0.2, 0.25) is 11.8 Å². The van der Waals surface area contributed by atoms with Crippen LogP contribution in [-0.2, 0) is 19.1 Å². The van der Waals surface area contributed by atoms with Crippen LogP contribution < -0.4 is 10.6 Å². The molecule has 0 aliphatic heterocycles. The maximum absolute atomic E-state index is 11.6. The lowest BCUT2D eigenvalue weighted by atomic mass is 10.1. The molecule has 17 heavy (non-hydrogen) atoms. The van der Waals surface area contributed by atoms with E-state index in [1.807, 2.05) is 0 Å². The number of esters is 1. The molecule has 7 nitrogen and oxygen atoms in total. The van der Waals surface area contributed by atoms with Crippen LogP contribution in [0.3, 0.4) is 0 Å². The first-order chi connectivity index (χ1) is 7.79. The molecule has 0 bridgehead atoms. The lowest BCUT2D eigenvalue weighted by Crippen LogP contribution is -2.53. The van der Waals surface area contributed by atoms with Crippen LogP contribution in [0, 0.1) is 0 Å². The summed E-state index contributed by atoms with van der Waals surface area (Å²) in [4.78, 5) is 33.6. The normalized spacial score (nSPS) is 15.4. The predicted molar refractivity (Wildman–Crippen MR) is 58.9 cm³/mol. The van der Waals surface area contributed by atoms with E-state index in [0.29, 0.717) is 0 Å². The van der Waals surface area contributed by atoms with Crippen LogP contribution in [0.1, 0.15) is 20.8 Å². The second-order valence-electron chi connectivity index (χ2n) is 3.67. The van der Waals surface area contributed by atoms with Gasteiger partial charge in [0.25, 0.3) is 0 Å². The Morgan fingerprint density at radius 1 is 1.18 bits per heavy atom. The van der Waals surface area contributed by atoms with Crippen molar-refractivity contribution >= 4 is 17.8 Å². The van der Waals surface area contributed by atoms with Crippen LogP contribution >= 0.6 is 0 Å². The van der Waals surface area contributed by atoms with Gasteiger partial charge in [0.1, 0.15) is 6.04 Å². The average Bonchev–Trinajstić information content (AvgIpc) is 2.22. The van der Waals surface area contributed by atoms with Crippen molar-refractivity contribution in [1.29, 1.82) is 0 Å². The van der Waals surface area contributed by atoms with Gasteiger partial charge in [-0.1, -0.05) is 0 Å². The second kappa shape index (κ2) is 6.85. The number of amides is 2. The quantitative estimate of drug-likeness (QED) is 0.515. The molecule has 7 heteroatoms. The first-order valence-electron chi connectivity index (χ1n) is 5.13. The number of rotatable bonds is 5. The third-order valence-corrected chi connectivity index (χ3v) is 2.05. The summed E-state index contributed by atoms with van der Waals surface area (Å²) >= 11 is 0. The second-order valence-corrected chi connectivity index (χ2v) is 3.67. The zero-order chi connectivity index (χ0) is 13.6. The molecule has 0 aliphatic carbocycles. The van der Waals surface area contributed by atoms with E-state index >= 15 is 0 Å². The molecule has 0 aromatic heterocycles. The Morgan fingerprint density at radius 3 is 2.06 bits per heavy atom. The highest BCUT2D eigenvalue weighted by Gasteiger charge is 2.28. The van der Waals surface area contributed by atoms with Crippen molar-refractivity contribution in [2.24, 2.45) is 0 Å². The van der Waals surface area contributed by atoms with E-state index in [1.165, 1.54) is 20.8 Å². The minimum atomic E-state index is -1.15. The van der Waals surface area contributed by atoms with Crippen LogP contribution in [0.15, 0.2) is 0 Å². The van der Waals surface area contributed by atoms with Gasteiger partial charge in [-0.05, 0) is 13.8 Å². The number of carbonyl (C=O) groups excluding carboxylic acids is 3. The number of hydrogen-bond donors (Lipinski definition) is 3. The van der Waals surface area contributed by atoms with Crippen LogP contribution in [-0.4, -0.2) is 48.2 Å². The van der Waals surface area contributed by atoms with E-state index in [1.54, 1.807) is 0 Å². The van der Waals surface area contributed by atoms with Crippen LogP contribution in [0.25, 0.3) is 0 Å². The molecule has 0 spiro atoms. The van der Waals surface area contributed by atoms with Gasteiger partial charge in [-0.15, -0.1) is 0 Å². The molecular weight excluding hydrogens is 228 g/mol. The molecule has 1 unspecified atom stereocenters. The minimum absolute atomic E-state index is 0.362. The van der Waals surface area contributed by atoms with Crippen molar-refractivity contribution in [1.82, 2.24) is 10.6 Å². The summed E-state index contributed by atoms with van der Waals surface area (Å²) in [5.74, 6) is -1.68.